The molecule has 0 rings (SSSR count). The van der Waals surface area contributed by atoms with Gasteiger partial charge in [0.2, 0.25) is 6.41 Å². The number of allylic oxidation sites excluding steroid dienone is 3. The van der Waals surface area contributed by atoms with Gasteiger partial charge in [0.05, 0.1) is 19.4 Å². The van der Waals surface area contributed by atoms with Crippen LogP contribution in [0.4, 0.5) is 0 Å². The van der Waals surface area contributed by atoms with Crippen LogP contribution in [0.15, 0.2) is 35.8 Å². The number of carbonyl (C=O) groups is 1. The first kappa shape index (κ1) is 17.3. The minimum Gasteiger partial charge on any atom is -0.495 e. The molecule has 0 saturated heterocycles. The molecule has 0 heterocycles. The summed E-state index contributed by atoms with van der Waals surface area (Å²) in [4.78, 5) is 10.2. The predicted octanol–water partition coefficient (Wildman–Crippen LogP) is 2.49. The molecule has 0 radical (unpaired) electrons. The van der Waals surface area contributed by atoms with Gasteiger partial charge in [-0.25, -0.2) is 0 Å². The van der Waals surface area contributed by atoms with Crippen LogP contribution in [0.1, 0.15) is 33.1 Å². The van der Waals surface area contributed by atoms with Crippen LogP contribution in [0.5, 0.6) is 0 Å². The summed E-state index contributed by atoms with van der Waals surface area (Å²) in [6.45, 7) is 8.64. The highest BCUT2D eigenvalue weighted by atomic mass is 16.5. The Kier molecular flexibility index (Phi) is 9.31. The Balaban J connectivity index is 4.55. The van der Waals surface area contributed by atoms with E-state index in [2.05, 4.69) is 25.7 Å². The summed E-state index contributed by atoms with van der Waals surface area (Å²) in [5, 5.41) is 2.51. The molecular weight excluding hydrogens is 240 g/mol. The summed E-state index contributed by atoms with van der Waals surface area (Å²) in [5.41, 5.74) is 7.52. The maximum Gasteiger partial charge on any atom is 0.207 e. The summed E-state index contributed by atoms with van der Waals surface area (Å²) < 4.78 is 5.20. The van der Waals surface area contributed by atoms with Crippen LogP contribution in [0.3, 0.4) is 0 Å². The van der Waals surface area contributed by atoms with Gasteiger partial charge in [-0.2, -0.15) is 0 Å². The molecule has 1 atom stereocenters. The number of amides is 1. The average molecular weight is 266 g/mol. The second kappa shape index (κ2) is 10.2. The second-order valence-electron chi connectivity index (χ2n) is 4.50. The van der Waals surface area contributed by atoms with Gasteiger partial charge < -0.3 is 15.8 Å². The molecule has 0 spiro atoms. The lowest BCUT2D eigenvalue weighted by Crippen LogP contribution is -2.20. The first-order valence-corrected chi connectivity index (χ1v) is 6.62. The molecule has 1 amide bonds. The molecule has 4 nitrogen and oxygen atoms in total. The first-order valence-electron chi connectivity index (χ1n) is 6.62. The van der Waals surface area contributed by atoms with Crippen molar-refractivity contribution in [3.63, 3.8) is 0 Å². The normalized spacial score (nSPS) is 13.8. The van der Waals surface area contributed by atoms with Crippen LogP contribution in [-0.2, 0) is 9.53 Å². The van der Waals surface area contributed by atoms with E-state index in [4.69, 9.17) is 10.5 Å². The van der Waals surface area contributed by atoms with Crippen LogP contribution in [0.25, 0.3) is 0 Å². The zero-order valence-electron chi connectivity index (χ0n) is 12.2. The molecule has 0 aliphatic heterocycles. The number of hydrogen-bond acceptors (Lipinski definition) is 3. The molecule has 0 aromatic carbocycles. The van der Waals surface area contributed by atoms with E-state index in [1.54, 1.807) is 7.11 Å². The Bertz CT molecular complexity index is 346. The molecule has 1 unspecified atom stereocenters. The van der Waals surface area contributed by atoms with Gasteiger partial charge in [-0.05, 0) is 24.8 Å². The van der Waals surface area contributed by atoms with E-state index in [1.807, 2.05) is 12.2 Å². The lowest BCUT2D eigenvalue weighted by Gasteiger charge is -2.11. The minimum absolute atomic E-state index is 0.280. The highest BCUT2D eigenvalue weighted by Gasteiger charge is 2.04. The quantitative estimate of drug-likeness (QED) is 0.276. The number of hydrogen-bond donors (Lipinski definition) is 2. The van der Waals surface area contributed by atoms with Crippen molar-refractivity contribution in [2.45, 2.75) is 33.1 Å². The first-order chi connectivity index (χ1) is 9.06. The van der Waals surface area contributed by atoms with Crippen molar-refractivity contribution in [2.24, 2.45) is 11.7 Å². The largest absolute Gasteiger partial charge is 0.495 e. The van der Waals surface area contributed by atoms with E-state index in [0.717, 1.165) is 12.8 Å². The number of unbranched alkanes of at least 4 members (excludes halogenated alkanes) is 1. The topological polar surface area (TPSA) is 64.3 Å². The standard InChI is InChI=1S/C15H26N2O2/c1-5-6-7-12(2)13(3)8-9-15(19-4)14(16)10-17-11-18/h8-9,11,13H,2,5-7,10,16H2,1,3-4H3,(H,17,18)/b9-8-,15-14-. The van der Waals surface area contributed by atoms with Gasteiger partial charge in [0.25, 0.3) is 0 Å². The van der Waals surface area contributed by atoms with Gasteiger partial charge in [0, 0.05) is 0 Å². The van der Waals surface area contributed by atoms with Crippen LogP contribution >= 0.6 is 0 Å². The number of carbonyl (C=O) groups excluding carboxylic acids is 1. The summed E-state index contributed by atoms with van der Waals surface area (Å²) in [5.74, 6) is 0.855. The van der Waals surface area contributed by atoms with E-state index in [1.165, 1.54) is 12.0 Å². The van der Waals surface area contributed by atoms with Crippen LogP contribution < -0.4 is 11.1 Å². The van der Waals surface area contributed by atoms with Crippen molar-refractivity contribution in [3.05, 3.63) is 35.8 Å². The van der Waals surface area contributed by atoms with E-state index < -0.39 is 0 Å². The van der Waals surface area contributed by atoms with Gasteiger partial charge in [0.1, 0.15) is 5.76 Å². The van der Waals surface area contributed by atoms with Gasteiger partial charge >= 0.3 is 0 Å². The Labute approximate surface area is 116 Å². The fourth-order valence-corrected chi connectivity index (χ4v) is 1.54. The van der Waals surface area contributed by atoms with Crippen LogP contribution in [0.2, 0.25) is 0 Å². The number of methoxy groups -OCH3 is 1. The lowest BCUT2D eigenvalue weighted by molar-refractivity contribution is -0.109. The van der Waals surface area contributed by atoms with E-state index >= 15 is 0 Å². The molecule has 0 aliphatic carbocycles. The fraction of sp³-hybridized carbons (Fsp3) is 0.533. The third-order valence-corrected chi connectivity index (χ3v) is 2.94. The van der Waals surface area contributed by atoms with Gasteiger partial charge in [-0.1, -0.05) is 38.5 Å². The van der Waals surface area contributed by atoms with Crippen molar-refractivity contribution in [1.82, 2.24) is 5.32 Å². The molecule has 108 valence electrons. The molecule has 0 aromatic rings. The Morgan fingerprint density at radius 3 is 2.74 bits per heavy atom. The van der Waals surface area contributed by atoms with Crippen molar-refractivity contribution in [3.8, 4) is 0 Å². The molecule has 0 fully saturated rings. The molecule has 4 heteroatoms. The third-order valence-electron chi connectivity index (χ3n) is 2.94. The van der Waals surface area contributed by atoms with Gasteiger partial charge in [-0.15, -0.1) is 0 Å². The number of ether oxygens (including phenoxy) is 1. The minimum atomic E-state index is 0.280. The number of nitrogens with one attached hydrogen (secondary N) is 1. The maximum absolute atomic E-state index is 10.2. The van der Waals surface area contributed by atoms with Crippen molar-refractivity contribution < 1.29 is 9.53 Å². The molecule has 0 bridgehead atoms. The van der Waals surface area contributed by atoms with Crippen molar-refractivity contribution >= 4 is 6.41 Å². The highest BCUT2D eigenvalue weighted by Crippen LogP contribution is 2.17. The molecule has 0 aromatic heterocycles. The zero-order chi connectivity index (χ0) is 14.7. The molecular formula is C15H26N2O2. The average Bonchev–Trinajstić information content (AvgIpc) is 2.42. The molecule has 3 N–H and O–H groups in total. The Hall–Kier alpha value is -1.71. The third kappa shape index (κ3) is 7.34. The lowest BCUT2D eigenvalue weighted by atomic mass is 9.97. The second-order valence-corrected chi connectivity index (χ2v) is 4.50. The number of rotatable bonds is 10. The van der Waals surface area contributed by atoms with Gasteiger partial charge in [-0.3, -0.25) is 4.79 Å². The van der Waals surface area contributed by atoms with Crippen molar-refractivity contribution in [1.29, 1.82) is 0 Å². The highest BCUT2D eigenvalue weighted by molar-refractivity contribution is 5.46. The number of nitrogens with two attached hydrogens (primary N) is 1. The molecule has 0 aliphatic rings. The summed E-state index contributed by atoms with van der Waals surface area (Å²) in [7, 11) is 1.56. The summed E-state index contributed by atoms with van der Waals surface area (Å²) in [6, 6.07) is 0. The molecule has 0 saturated carbocycles. The summed E-state index contributed by atoms with van der Waals surface area (Å²) >= 11 is 0. The van der Waals surface area contributed by atoms with Crippen LogP contribution in [0, 0.1) is 5.92 Å². The van der Waals surface area contributed by atoms with Crippen LogP contribution in [-0.4, -0.2) is 20.1 Å². The Morgan fingerprint density at radius 2 is 2.21 bits per heavy atom. The fourth-order valence-electron chi connectivity index (χ4n) is 1.54. The monoisotopic (exact) mass is 266 g/mol. The predicted molar refractivity (Wildman–Crippen MR) is 79.3 cm³/mol. The molecule has 19 heavy (non-hydrogen) atoms. The summed E-state index contributed by atoms with van der Waals surface area (Å²) in [6.07, 6.45) is 7.84. The van der Waals surface area contributed by atoms with Gasteiger partial charge in [0.15, 0.2) is 0 Å². The zero-order valence-corrected chi connectivity index (χ0v) is 12.2. The van der Waals surface area contributed by atoms with E-state index in [-0.39, 0.29) is 12.5 Å². The smallest absolute Gasteiger partial charge is 0.207 e. The maximum atomic E-state index is 10.2. The van der Waals surface area contributed by atoms with E-state index in [9.17, 15) is 4.79 Å². The Morgan fingerprint density at radius 1 is 1.53 bits per heavy atom. The van der Waals surface area contributed by atoms with Crippen molar-refractivity contribution in [2.75, 3.05) is 13.7 Å². The SMILES string of the molecule is C=C(CCCC)C(C)/C=C\C(OC)=C(\N)CNC=O. The van der Waals surface area contributed by atoms with E-state index in [0.29, 0.717) is 17.9 Å².